The van der Waals surface area contributed by atoms with E-state index in [-0.39, 0.29) is 17.8 Å². The van der Waals surface area contributed by atoms with Crippen LogP contribution in [0.2, 0.25) is 0 Å². The van der Waals surface area contributed by atoms with Gasteiger partial charge in [-0.25, -0.2) is 14.6 Å². The van der Waals surface area contributed by atoms with Gasteiger partial charge in [0.15, 0.2) is 5.82 Å². The minimum Gasteiger partial charge on any atom is -0.434 e. The molecule has 2 atom stereocenters. The second-order valence-corrected chi connectivity index (χ2v) is 13.1. The Bertz CT molecular complexity index is 1740. The van der Waals surface area contributed by atoms with E-state index in [0.29, 0.717) is 17.8 Å². The van der Waals surface area contributed by atoms with Gasteiger partial charge in [-0.1, -0.05) is 42.5 Å². The van der Waals surface area contributed by atoms with Gasteiger partial charge < -0.3 is 13.9 Å². The third kappa shape index (κ3) is 3.37. The first-order valence-electron chi connectivity index (χ1n) is 11.9. The van der Waals surface area contributed by atoms with E-state index in [1.165, 1.54) is 6.33 Å². The minimum atomic E-state index is -2.94. The molecule has 0 fully saturated rings. The second-order valence-electron chi connectivity index (χ2n) is 9.83. The van der Waals surface area contributed by atoms with Crippen LogP contribution in [0.3, 0.4) is 0 Å². The Morgan fingerprint density at radius 3 is 2.57 bits per heavy atom. The third-order valence-electron chi connectivity index (χ3n) is 7.32. The maximum atomic E-state index is 13.4. The van der Waals surface area contributed by atoms with Gasteiger partial charge in [-0.15, -0.1) is 0 Å². The zero-order valence-electron chi connectivity index (χ0n) is 20.0. The van der Waals surface area contributed by atoms with Crippen LogP contribution < -0.4 is 10.0 Å². The van der Waals surface area contributed by atoms with E-state index in [1.807, 2.05) is 47.1 Å². The van der Waals surface area contributed by atoms with E-state index in [1.54, 1.807) is 25.5 Å². The Kier molecular flexibility index (Phi) is 4.73. The van der Waals surface area contributed by atoms with Crippen LogP contribution in [0.4, 0.5) is 8.78 Å². The number of fused-ring (bicyclic) bond motifs is 6. The first kappa shape index (κ1) is 22.4. The fourth-order valence-corrected chi connectivity index (χ4v) is 6.56. The zero-order chi connectivity index (χ0) is 25.5. The second kappa shape index (κ2) is 7.83. The number of ether oxygens (including phenoxy) is 1. The highest BCUT2D eigenvalue weighted by atomic mass is 31.2. The fraction of sp³-hybridized carbons (Fsp3) is 0.222. The summed E-state index contributed by atoms with van der Waals surface area (Å²) in [7, 11) is -2.35. The summed E-state index contributed by atoms with van der Waals surface area (Å²) in [5.41, 5.74) is 5.09. The van der Waals surface area contributed by atoms with Gasteiger partial charge in [0.1, 0.15) is 31.1 Å². The van der Waals surface area contributed by atoms with Crippen LogP contribution in [0.25, 0.3) is 33.5 Å². The fourth-order valence-electron chi connectivity index (χ4n) is 5.70. The first-order valence-corrected chi connectivity index (χ1v) is 14.5. The van der Waals surface area contributed by atoms with Crippen LogP contribution in [0, 0.1) is 0 Å². The van der Waals surface area contributed by atoms with Gasteiger partial charge >= 0.3 is 6.61 Å². The molecule has 0 spiro atoms. The molecule has 2 aromatic heterocycles. The highest BCUT2D eigenvalue weighted by Gasteiger charge is 2.43. The van der Waals surface area contributed by atoms with Crippen LogP contribution in [0.15, 0.2) is 67.0 Å². The van der Waals surface area contributed by atoms with E-state index in [9.17, 15) is 13.3 Å². The summed E-state index contributed by atoms with van der Waals surface area (Å²) in [5.74, 6) is 1.57. The SMILES string of the molecule is CP(C)(=O)c1ccc(-c2ccc3nc4n(c3c2)[C@H]2C[C@@H]4n3ncnc3-c3cccc(OC(F)F)c32)cc1. The highest BCUT2D eigenvalue weighted by molar-refractivity contribution is 7.70. The quantitative estimate of drug-likeness (QED) is 0.286. The predicted molar refractivity (Wildman–Crippen MR) is 137 cm³/mol. The number of rotatable bonds is 4. The van der Waals surface area contributed by atoms with Crippen LogP contribution in [-0.2, 0) is 4.57 Å². The maximum Gasteiger partial charge on any atom is 0.387 e. The number of nitrogens with zero attached hydrogens (tertiary/aromatic N) is 5. The smallest absolute Gasteiger partial charge is 0.387 e. The molecule has 0 amide bonds. The van der Waals surface area contributed by atoms with Gasteiger partial charge in [-0.05, 0) is 42.7 Å². The summed E-state index contributed by atoms with van der Waals surface area (Å²) >= 11 is 0. The summed E-state index contributed by atoms with van der Waals surface area (Å²) in [6, 6.07) is 18.5. The van der Waals surface area contributed by atoms with Crippen molar-refractivity contribution in [1.82, 2.24) is 24.3 Å². The summed E-state index contributed by atoms with van der Waals surface area (Å²) in [6.07, 6.45) is 2.09. The molecule has 0 N–H and O–H groups in total. The summed E-state index contributed by atoms with van der Waals surface area (Å²) < 4.78 is 48.2. The molecule has 0 saturated carbocycles. The molecule has 0 unspecified atom stereocenters. The van der Waals surface area contributed by atoms with Gasteiger partial charge in [0, 0.05) is 22.9 Å². The van der Waals surface area contributed by atoms with Crippen LogP contribution >= 0.6 is 7.14 Å². The Hall–Kier alpha value is -3.84. The normalized spacial score (nSPS) is 18.0. The molecule has 7 nitrogen and oxygen atoms in total. The lowest BCUT2D eigenvalue weighted by molar-refractivity contribution is -0.0506. The summed E-state index contributed by atoms with van der Waals surface area (Å²) in [5, 5.41) is 5.32. The molecule has 5 aromatic rings. The van der Waals surface area contributed by atoms with E-state index in [2.05, 4.69) is 20.7 Å². The Morgan fingerprint density at radius 1 is 1.03 bits per heavy atom. The summed E-state index contributed by atoms with van der Waals surface area (Å²) in [4.78, 5) is 9.40. The number of hydrogen-bond acceptors (Lipinski definition) is 5. The van der Waals surface area contributed by atoms with Crippen molar-refractivity contribution < 1.29 is 18.1 Å². The lowest BCUT2D eigenvalue weighted by atomic mass is 9.97. The molecule has 0 aliphatic carbocycles. The van der Waals surface area contributed by atoms with E-state index in [0.717, 1.165) is 38.9 Å². The molecule has 0 radical (unpaired) electrons. The van der Waals surface area contributed by atoms with Gasteiger partial charge in [0.25, 0.3) is 0 Å². The lowest BCUT2D eigenvalue weighted by Crippen LogP contribution is -2.14. The monoisotopic (exact) mass is 517 g/mol. The lowest BCUT2D eigenvalue weighted by Gasteiger charge is -2.21. The number of halogens is 2. The van der Waals surface area contributed by atoms with Crippen molar-refractivity contribution in [3.63, 3.8) is 0 Å². The van der Waals surface area contributed by atoms with Gasteiger partial charge in [-0.2, -0.15) is 13.9 Å². The molecular formula is C27H22F2N5O2P. The maximum absolute atomic E-state index is 13.4. The topological polar surface area (TPSA) is 74.8 Å². The van der Waals surface area contributed by atoms with Crippen LogP contribution in [0.5, 0.6) is 5.75 Å². The molecule has 10 heteroatoms. The number of alkyl halides is 2. The Balaban J connectivity index is 1.43. The molecule has 0 saturated heterocycles. The molecule has 4 heterocycles. The van der Waals surface area contributed by atoms with Crippen molar-refractivity contribution in [3.05, 3.63) is 78.4 Å². The molecule has 7 rings (SSSR count). The van der Waals surface area contributed by atoms with Gasteiger partial charge in [0.05, 0.1) is 17.1 Å². The Morgan fingerprint density at radius 2 is 1.81 bits per heavy atom. The largest absolute Gasteiger partial charge is 0.434 e. The number of imidazole rings is 1. The Labute approximate surface area is 211 Å². The average molecular weight is 517 g/mol. The van der Waals surface area contributed by atoms with Crippen LogP contribution in [0.1, 0.15) is 29.9 Å². The van der Waals surface area contributed by atoms with Crippen molar-refractivity contribution in [3.8, 4) is 28.3 Å². The highest BCUT2D eigenvalue weighted by Crippen LogP contribution is 2.51. The first-order chi connectivity index (χ1) is 17.8. The predicted octanol–water partition coefficient (Wildman–Crippen LogP) is 5.71. The van der Waals surface area contributed by atoms with Crippen molar-refractivity contribution in [2.75, 3.05) is 13.3 Å². The van der Waals surface area contributed by atoms with Crippen molar-refractivity contribution >= 4 is 23.5 Å². The third-order valence-corrected chi connectivity index (χ3v) is 8.86. The molecule has 2 aliphatic rings. The average Bonchev–Trinajstić information content (AvgIpc) is 3.55. The molecule has 37 heavy (non-hydrogen) atoms. The standard InChI is InChI=1S/C27H22F2N5O2P/c1-37(2,35)17-9-6-15(7-10-17)16-8-11-19-20(12-16)33-21-13-22(26(33)32-19)34-25(30-14-31-34)18-4-3-5-23(24(18)21)36-27(28)29/h3-12,14,21-22,27H,13H2,1-2H3/t21-,22-/m0/s1. The van der Waals surface area contributed by atoms with Gasteiger partial charge in [-0.3, -0.25) is 0 Å². The van der Waals surface area contributed by atoms with Gasteiger partial charge in [0.2, 0.25) is 0 Å². The number of aromatic nitrogens is 5. The van der Waals surface area contributed by atoms with Crippen LogP contribution in [-0.4, -0.2) is 44.3 Å². The molecule has 2 aliphatic heterocycles. The van der Waals surface area contributed by atoms with Crippen molar-refractivity contribution in [2.24, 2.45) is 0 Å². The van der Waals surface area contributed by atoms with Crippen molar-refractivity contribution in [2.45, 2.75) is 25.1 Å². The molecule has 186 valence electrons. The summed E-state index contributed by atoms with van der Waals surface area (Å²) in [6.45, 7) is 0.573. The van der Waals surface area contributed by atoms with E-state index < -0.39 is 13.8 Å². The minimum absolute atomic E-state index is 0.137. The number of benzene rings is 3. The van der Waals surface area contributed by atoms with E-state index in [4.69, 9.17) is 9.72 Å². The zero-order valence-corrected chi connectivity index (χ0v) is 20.9. The molecular weight excluding hydrogens is 495 g/mol. The van der Waals surface area contributed by atoms with Crippen molar-refractivity contribution in [1.29, 1.82) is 0 Å². The molecule has 3 aromatic carbocycles. The molecule has 2 bridgehead atoms. The number of hydrogen-bond donors (Lipinski definition) is 0. The van der Waals surface area contributed by atoms with E-state index >= 15 is 0 Å².